The van der Waals surface area contributed by atoms with Crippen LogP contribution in [-0.2, 0) is 0 Å². The Morgan fingerprint density at radius 3 is 2.62 bits per heavy atom. The summed E-state index contributed by atoms with van der Waals surface area (Å²) in [7, 11) is 1.89. The predicted octanol–water partition coefficient (Wildman–Crippen LogP) is 4.79. The van der Waals surface area contributed by atoms with Gasteiger partial charge in [0, 0.05) is 21.5 Å². The molecule has 0 fully saturated rings. The van der Waals surface area contributed by atoms with Crippen molar-refractivity contribution in [3.05, 3.63) is 62.6 Å². The molecule has 0 heterocycles. The number of nitrogens with zero attached hydrogens (tertiary/aromatic N) is 1. The van der Waals surface area contributed by atoms with Crippen molar-refractivity contribution in [2.24, 2.45) is 0 Å². The highest BCUT2D eigenvalue weighted by Crippen LogP contribution is 2.39. The summed E-state index contributed by atoms with van der Waals surface area (Å²) in [6, 6.07) is 13.0. The Morgan fingerprint density at radius 2 is 1.95 bits per heavy atom. The largest absolute Gasteiger partial charge is 0.313 e. The maximum atomic E-state index is 11.1. The molecule has 110 valence electrons. The Morgan fingerprint density at radius 1 is 1.24 bits per heavy atom. The van der Waals surface area contributed by atoms with E-state index < -0.39 is 0 Å². The molecule has 4 nitrogen and oxygen atoms in total. The molecule has 1 N–H and O–H groups in total. The zero-order chi connectivity index (χ0) is 15.4. The van der Waals surface area contributed by atoms with Crippen LogP contribution in [0.15, 0.2) is 56.7 Å². The number of halogens is 1. The van der Waals surface area contributed by atoms with Gasteiger partial charge in [0.15, 0.2) is 0 Å². The van der Waals surface area contributed by atoms with Crippen molar-refractivity contribution in [1.82, 2.24) is 5.32 Å². The smallest absolute Gasteiger partial charge is 0.283 e. The first kappa shape index (κ1) is 16.0. The molecule has 0 aliphatic rings. The van der Waals surface area contributed by atoms with Gasteiger partial charge in [0.2, 0.25) is 0 Å². The molecular weight excluding hydrogens is 352 g/mol. The zero-order valence-corrected chi connectivity index (χ0v) is 14.1. The monoisotopic (exact) mass is 366 g/mol. The van der Waals surface area contributed by atoms with Gasteiger partial charge in [-0.15, -0.1) is 0 Å². The Balaban J connectivity index is 2.44. The highest BCUT2D eigenvalue weighted by atomic mass is 79.9. The Kier molecular flexibility index (Phi) is 5.39. The zero-order valence-electron chi connectivity index (χ0n) is 11.7. The molecule has 1 atom stereocenters. The first-order valence-electron chi connectivity index (χ1n) is 6.41. The van der Waals surface area contributed by atoms with Gasteiger partial charge in [-0.1, -0.05) is 45.9 Å². The number of para-hydroxylation sites is 1. The van der Waals surface area contributed by atoms with E-state index in [1.165, 1.54) is 17.8 Å². The summed E-state index contributed by atoms with van der Waals surface area (Å²) in [6.07, 6.45) is 0. The topological polar surface area (TPSA) is 55.2 Å². The summed E-state index contributed by atoms with van der Waals surface area (Å²) >= 11 is 4.88. The van der Waals surface area contributed by atoms with Crippen LogP contribution >= 0.6 is 27.7 Å². The van der Waals surface area contributed by atoms with Gasteiger partial charge in [0.05, 0.1) is 9.82 Å². The fourth-order valence-corrected chi connectivity index (χ4v) is 3.61. The van der Waals surface area contributed by atoms with Gasteiger partial charge in [0.1, 0.15) is 0 Å². The second kappa shape index (κ2) is 7.06. The van der Waals surface area contributed by atoms with Crippen LogP contribution in [0.5, 0.6) is 0 Å². The molecule has 0 aliphatic carbocycles. The van der Waals surface area contributed by atoms with Crippen molar-refractivity contribution in [3.8, 4) is 0 Å². The average molecular weight is 367 g/mol. The van der Waals surface area contributed by atoms with E-state index in [-0.39, 0.29) is 16.7 Å². The predicted molar refractivity (Wildman–Crippen MR) is 88.8 cm³/mol. The van der Waals surface area contributed by atoms with E-state index in [2.05, 4.69) is 28.2 Å². The Hall–Kier alpha value is -1.37. The van der Waals surface area contributed by atoms with Crippen molar-refractivity contribution in [1.29, 1.82) is 0 Å². The summed E-state index contributed by atoms with van der Waals surface area (Å²) in [5, 5.41) is 14.3. The lowest BCUT2D eigenvalue weighted by Crippen LogP contribution is -2.13. The Labute approximate surface area is 136 Å². The minimum Gasteiger partial charge on any atom is -0.313 e. The number of nitrogens with one attached hydrogen (secondary N) is 1. The maximum Gasteiger partial charge on any atom is 0.283 e. The lowest BCUT2D eigenvalue weighted by atomic mass is 10.1. The molecule has 1 unspecified atom stereocenters. The molecule has 0 saturated carbocycles. The molecule has 0 amide bonds. The van der Waals surface area contributed by atoms with Crippen molar-refractivity contribution in [2.75, 3.05) is 7.05 Å². The van der Waals surface area contributed by atoms with Gasteiger partial charge in [-0.2, -0.15) is 0 Å². The van der Waals surface area contributed by atoms with E-state index in [1.807, 2.05) is 31.3 Å². The SMILES string of the molecule is CNC(C)c1ccc(Br)cc1Sc1ccccc1[N+](=O)[O-]. The number of benzene rings is 2. The average Bonchev–Trinajstić information content (AvgIpc) is 2.47. The van der Waals surface area contributed by atoms with E-state index in [9.17, 15) is 10.1 Å². The number of rotatable bonds is 5. The van der Waals surface area contributed by atoms with Gasteiger partial charge < -0.3 is 5.32 Å². The highest BCUT2D eigenvalue weighted by Gasteiger charge is 2.17. The third-order valence-electron chi connectivity index (χ3n) is 3.16. The molecule has 0 aliphatic heterocycles. The Bertz CT molecular complexity index is 664. The summed E-state index contributed by atoms with van der Waals surface area (Å²) in [5.74, 6) is 0. The third kappa shape index (κ3) is 3.84. The molecule has 0 spiro atoms. The third-order valence-corrected chi connectivity index (χ3v) is 4.79. The van der Waals surface area contributed by atoms with Crippen LogP contribution in [-0.4, -0.2) is 12.0 Å². The molecule has 21 heavy (non-hydrogen) atoms. The van der Waals surface area contributed by atoms with Crippen LogP contribution in [0.1, 0.15) is 18.5 Å². The standard InChI is InChI=1S/C15H15BrN2O2S/c1-10(17-2)12-8-7-11(16)9-15(12)21-14-6-4-3-5-13(14)18(19)20/h3-10,17H,1-2H3. The molecule has 2 aromatic rings. The van der Waals surface area contributed by atoms with Crippen LogP contribution in [0.2, 0.25) is 0 Å². The van der Waals surface area contributed by atoms with E-state index in [1.54, 1.807) is 12.1 Å². The van der Waals surface area contributed by atoms with E-state index >= 15 is 0 Å². The van der Waals surface area contributed by atoms with Crippen LogP contribution in [0.25, 0.3) is 0 Å². The normalized spacial score (nSPS) is 12.1. The van der Waals surface area contributed by atoms with Crippen molar-refractivity contribution >= 4 is 33.4 Å². The molecule has 0 radical (unpaired) electrons. The molecule has 0 bridgehead atoms. The second-order valence-electron chi connectivity index (χ2n) is 4.52. The van der Waals surface area contributed by atoms with E-state index in [0.29, 0.717) is 4.90 Å². The van der Waals surface area contributed by atoms with Gasteiger partial charge in [-0.25, -0.2) is 0 Å². The van der Waals surface area contributed by atoms with Crippen molar-refractivity contribution < 1.29 is 4.92 Å². The van der Waals surface area contributed by atoms with Crippen molar-refractivity contribution in [3.63, 3.8) is 0 Å². The fraction of sp³-hybridized carbons (Fsp3) is 0.200. The van der Waals surface area contributed by atoms with Crippen LogP contribution < -0.4 is 5.32 Å². The molecule has 2 rings (SSSR count). The van der Waals surface area contributed by atoms with Crippen LogP contribution in [0, 0.1) is 10.1 Å². The molecular formula is C15H15BrN2O2S. The molecule has 2 aromatic carbocycles. The summed E-state index contributed by atoms with van der Waals surface area (Å²) in [6.45, 7) is 2.06. The highest BCUT2D eigenvalue weighted by molar-refractivity contribution is 9.10. The number of nitro benzene ring substituents is 1. The molecule has 6 heteroatoms. The van der Waals surface area contributed by atoms with E-state index in [0.717, 1.165) is 14.9 Å². The quantitative estimate of drug-likeness (QED) is 0.610. The maximum absolute atomic E-state index is 11.1. The van der Waals surface area contributed by atoms with Gasteiger partial charge >= 0.3 is 0 Å². The minimum atomic E-state index is -0.346. The lowest BCUT2D eigenvalue weighted by molar-refractivity contribution is -0.387. The van der Waals surface area contributed by atoms with Crippen molar-refractivity contribution in [2.45, 2.75) is 22.8 Å². The first-order chi connectivity index (χ1) is 10.0. The number of nitro groups is 1. The van der Waals surface area contributed by atoms with Gasteiger partial charge in [-0.05, 0) is 37.7 Å². The minimum absolute atomic E-state index is 0.130. The lowest BCUT2D eigenvalue weighted by Gasteiger charge is -2.16. The first-order valence-corrected chi connectivity index (χ1v) is 8.02. The van der Waals surface area contributed by atoms with Crippen LogP contribution in [0.4, 0.5) is 5.69 Å². The number of hydrogen-bond donors (Lipinski definition) is 1. The second-order valence-corrected chi connectivity index (χ2v) is 6.52. The summed E-state index contributed by atoms with van der Waals surface area (Å²) in [4.78, 5) is 12.4. The summed E-state index contributed by atoms with van der Waals surface area (Å²) < 4.78 is 0.954. The molecule has 0 aromatic heterocycles. The fourth-order valence-electron chi connectivity index (χ4n) is 1.92. The van der Waals surface area contributed by atoms with Gasteiger partial charge in [-0.3, -0.25) is 10.1 Å². The van der Waals surface area contributed by atoms with Gasteiger partial charge in [0.25, 0.3) is 5.69 Å². The summed E-state index contributed by atoms with van der Waals surface area (Å²) in [5.41, 5.74) is 1.24. The number of hydrogen-bond acceptors (Lipinski definition) is 4. The molecule has 0 saturated heterocycles. The van der Waals surface area contributed by atoms with E-state index in [4.69, 9.17) is 0 Å². The van der Waals surface area contributed by atoms with Crippen LogP contribution in [0.3, 0.4) is 0 Å².